The smallest absolute Gasteiger partial charge is 0.258 e. The molecule has 0 radical (unpaired) electrons. The van der Waals surface area contributed by atoms with Crippen LogP contribution in [0, 0.1) is 6.92 Å². The molecule has 1 saturated heterocycles. The molecule has 1 aliphatic rings. The van der Waals surface area contributed by atoms with Crippen LogP contribution in [-0.4, -0.2) is 32.3 Å². The molecule has 94 valence electrons. The molecule has 17 heavy (non-hydrogen) atoms. The van der Waals surface area contributed by atoms with E-state index < -0.39 is 10.1 Å². The molecule has 2 rings (SSSR count). The van der Waals surface area contributed by atoms with Gasteiger partial charge in [-0.15, -0.1) is 0 Å². The van der Waals surface area contributed by atoms with Gasteiger partial charge in [0.05, 0.1) is 11.2 Å². The van der Waals surface area contributed by atoms with Crippen LogP contribution < -0.4 is 0 Å². The Hall–Kier alpha value is -0.520. The van der Waals surface area contributed by atoms with Crippen LogP contribution in [-0.2, 0) is 25.2 Å². The second-order valence-corrected chi connectivity index (χ2v) is 8.30. The standard InChI is InChI=1S/C12H17O3S2/c1-10-3-5-12(6-4-10)17(13,14)15-11-7-8-16(2)9-11/h3-6,11H,7-9H2,1-2H3/q+1. The van der Waals surface area contributed by atoms with E-state index in [2.05, 4.69) is 6.26 Å². The lowest BCUT2D eigenvalue weighted by molar-refractivity contribution is 0.236. The lowest BCUT2D eigenvalue weighted by atomic mass is 10.2. The van der Waals surface area contributed by atoms with Crippen LogP contribution in [0.4, 0.5) is 0 Å². The molecule has 0 aliphatic carbocycles. The summed E-state index contributed by atoms with van der Waals surface area (Å²) < 4.78 is 29.2. The van der Waals surface area contributed by atoms with Crippen molar-refractivity contribution >= 4 is 21.0 Å². The predicted octanol–water partition coefficient (Wildman–Crippen LogP) is 1.72. The minimum absolute atomic E-state index is 0.130. The number of benzene rings is 1. The van der Waals surface area contributed by atoms with Gasteiger partial charge in [0.2, 0.25) is 0 Å². The van der Waals surface area contributed by atoms with Gasteiger partial charge < -0.3 is 0 Å². The SMILES string of the molecule is Cc1ccc(S(=O)(=O)OC2CC[S+](C)C2)cc1. The van der Waals surface area contributed by atoms with E-state index in [4.69, 9.17) is 4.18 Å². The van der Waals surface area contributed by atoms with E-state index in [1.807, 2.05) is 6.92 Å². The molecule has 1 fully saturated rings. The van der Waals surface area contributed by atoms with Crippen LogP contribution in [0.5, 0.6) is 0 Å². The van der Waals surface area contributed by atoms with Crippen molar-refractivity contribution in [3.05, 3.63) is 29.8 Å². The molecule has 3 nitrogen and oxygen atoms in total. The molecule has 0 bridgehead atoms. The van der Waals surface area contributed by atoms with Crippen LogP contribution in [0.15, 0.2) is 29.2 Å². The Labute approximate surface area is 106 Å². The minimum Gasteiger partial charge on any atom is -0.258 e. The van der Waals surface area contributed by atoms with E-state index >= 15 is 0 Å². The third-order valence-corrected chi connectivity index (χ3v) is 6.08. The van der Waals surface area contributed by atoms with Crippen molar-refractivity contribution in [3.63, 3.8) is 0 Å². The second kappa shape index (κ2) is 5.00. The van der Waals surface area contributed by atoms with Gasteiger partial charge in [-0.05, 0) is 30.0 Å². The lowest BCUT2D eigenvalue weighted by Crippen LogP contribution is -2.19. The molecule has 2 unspecified atom stereocenters. The number of rotatable bonds is 3. The monoisotopic (exact) mass is 273 g/mol. The zero-order valence-electron chi connectivity index (χ0n) is 10.0. The molecule has 1 aliphatic heterocycles. The fourth-order valence-electron chi connectivity index (χ4n) is 1.83. The molecule has 1 aromatic rings. The van der Waals surface area contributed by atoms with Crippen molar-refractivity contribution in [2.45, 2.75) is 24.3 Å². The predicted molar refractivity (Wildman–Crippen MR) is 70.9 cm³/mol. The number of hydrogen-bond donors (Lipinski definition) is 0. The molecule has 1 heterocycles. The van der Waals surface area contributed by atoms with Gasteiger partial charge in [0, 0.05) is 6.42 Å². The van der Waals surface area contributed by atoms with Gasteiger partial charge in [0.25, 0.3) is 10.1 Å². The van der Waals surface area contributed by atoms with E-state index in [1.165, 1.54) is 0 Å². The van der Waals surface area contributed by atoms with Crippen LogP contribution in [0.1, 0.15) is 12.0 Å². The maximum atomic E-state index is 12.0. The van der Waals surface area contributed by atoms with Crippen LogP contribution in [0.2, 0.25) is 0 Å². The summed E-state index contributed by atoms with van der Waals surface area (Å²) in [6.07, 6.45) is 2.88. The Kier molecular flexibility index (Phi) is 3.80. The quantitative estimate of drug-likeness (QED) is 0.622. The highest BCUT2D eigenvalue weighted by Gasteiger charge is 2.33. The first-order valence-corrected chi connectivity index (χ1v) is 8.94. The van der Waals surface area contributed by atoms with Crippen molar-refractivity contribution in [1.82, 2.24) is 0 Å². The van der Waals surface area contributed by atoms with E-state index in [1.54, 1.807) is 24.3 Å². The summed E-state index contributed by atoms with van der Waals surface area (Å²) in [7, 11) is -3.27. The third kappa shape index (κ3) is 3.24. The van der Waals surface area contributed by atoms with Crippen LogP contribution in [0.3, 0.4) is 0 Å². The van der Waals surface area contributed by atoms with Crippen molar-refractivity contribution in [3.8, 4) is 0 Å². The third-order valence-electron chi connectivity index (χ3n) is 2.83. The summed E-state index contributed by atoms with van der Waals surface area (Å²) in [4.78, 5) is 0.256. The minimum atomic E-state index is -3.58. The summed E-state index contributed by atoms with van der Waals surface area (Å²) in [6.45, 7) is 1.93. The van der Waals surface area contributed by atoms with E-state index in [0.717, 1.165) is 23.5 Å². The topological polar surface area (TPSA) is 43.4 Å². The summed E-state index contributed by atoms with van der Waals surface area (Å²) in [5.41, 5.74) is 1.04. The van der Waals surface area contributed by atoms with Crippen molar-refractivity contribution in [2.75, 3.05) is 17.8 Å². The highest BCUT2D eigenvalue weighted by Crippen LogP contribution is 2.21. The first-order valence-electron chi connectivity index (χ1n) is 5.56. The molecule has 5 heteroatoms. The summed E-state index contributed by atoms with van der Waals surface area (Å²) in [5, 5.41) is 0. The number of hydrogen-bond acceptors (Lipinski definition) is 3. The Bertz CT molecular complexity index is 479. The molecule has 0 amide bonds. The van der Waals surface area contributed by atoms with Gasteiger partial charge in [-0.2, -0.15) is 8.42 Å². The Balaban J connectivity index is 2.11. The van der Waals surface area contributed by atoms with Crippen molar-refractivity contribution in [1.29, 1.82) is 0 Å². The highest BCUT2D eigenvalue weighted by molar-refractivity contribution is 7.96. The zero-order chi connectivity index (χ0) is 12.5. The van der Waals surface area contributed by atoms with E-state index in [9.17, 15) is 8.42 Å². The average Bonchev–Trinajstić information content (AvgIpc) is 2.63. The maximum absolute atomic E-state index is 12.0. The highest BCUT2D eigenvalue weighted by atomic mass is 32.2. The van der Waals surface area contributed by atoms with Gasteiger partial charge in [-0.3, -0.25) is 4.18 Å². The summed E-state index contributed by atoms with van der Waals surface area (Å²) >= 11 is 0. The van der Waals surface area contributed by atoms with Gasteiger partial charge in [0.15, 0.2) is 0 Å². The van der Waals surface area contributed by atoms with Gasteiger partial charge >= 0.3 is 0 Å². The van der Waals surface area contributed by atoms with E-state index in [0.29, 0.717) is 10.9 Å². The first-order chi connectivity index (χ1) is 7.97. The molecular formula is C12H17O3S2+. The summed E-state index contributed by atoms with van der Waals surface area (Å²) in [5.74, 6) is 1.94. The molecule has 2 atom stereocenters. The fraction of sp³-hybridized carbons (Fsp3) is 0.500. The van der Waals surface area contributed by atoms with Crippen LogP contribution >= 0.6 is 0 Å². The molecule has 0 spiro atoms. The largest absolute Gasteiger partial charge is 0.297 e. The molecular weight excluding hydrogens is 256 g/mol. The van der Waals surface area contributed by atoms with E-state index in [-0.39, 0.29) is 11.0 Å². The Morgan fingerprint density at radius 2 is 1.94 bits per heavy atom. The number of aryl methyl sites for hydroxylation is 1. The molecule has 1 aromatic carbocycles. The van der Waals surface area contributed by atoms with Gasteiger partial charge in [0.1, 0.15) is 17.6 Å². The maximum Gasteiger partial charge on any atom is 0.297 e. The van der Waals surface area contributed by atoms with Crippen LogP contribution in [0.25, 0.3) is 0 Å². The van der Waals surface area contributed by atoms with Gasteiger partial charge in [-0.25, -0.2) is 0 Å². The average molecular weight is 273 g/mol. The Morgan fingerprint density at radius 3 is 2.47 bits per heavy atom. The zero-order valence-corrected chi connectivity index (χ0v) is 11.7. The molecule has 0 N–H and O–H groups in total. The van der Waals surface area contributed by atoms with Crippen molar-refractivity contribution in [2.24, 2.45) is 0 Å². The summed E-state index contributed by atoms with van der Waals surface area (Å²) in [6, 6.07) is 6.78. The van der Waals surface area contributed by atoms with Crippen molar-refractivity contribution < 1.29 is 12.6 Å². The Morgan fingerprint density at radius 1 is 1.29 bits per heavy atom. The normalized spacial score (nSPS) is 25.1. The lowest BCUT2D eigenvalue weighted by Gasteiger charge is -2.09. The van der Waals surface area contributed by atoms with Gasteiger partial charge in [-0.1, -0.05) is 17.7 Å². The fourth-order valence-corrected chi connectivity index (χ4v) is 4.72. The second-order valence-electron chi connectivity index (χ2n) is 4.43. The molecule has 0 aromatic heterocycles. The first kappa shape index (κ1) is 12.9. The molecule has 0 saturated carbocycles.